The van der Waals surface area contributed by atoms with Crippen molar-refractivity contribution in [2.45, 2.75) is 239 Å². The standard InChI is InChI=1S/C87H125ClN22O37S2/c1-38(2)51(105-86-107-74(97-43-7-5-6-41(88)26-43)65-75(108-86)110(37-95-65)39(3)4)35-147-87(145)146-24-25-148-149-36-52(84(143)144)104-81(139)47(14-20-61(122)93-31-55(116)69(130)72(133)58(119)34-113)100-80(138)49(17-23-64(126)127)102-78(136)46(13-19-60(121)92-30-54(115)68(129)71(132)57(118)33-112)99-79(137)48(16-22-63(124)125)101-77(135)45(12-18-59(120)91-29-53(114)67(128)70(131)56(117)32-111)98-62(123)21-15-50(83(141)142)103-76(134)40-8-10-42(11-9-40)90-27-44-28-94-73-66(96-44)82(140)109-85(89)106-73/h5-11,26,28,37-39,45-58,67-72,90,111-119,128-133H,12-25,27,29-36H2,1-4H3,(H,91,120)(H,92,121)(H,93,122)(H,98,123)(H,99,137)(H,100,138)(H,101,135)(H,102,136)(H,103,134)(H,104,139)(H,124,125)(H,126,127)(H,141,142)(H,143,144)(H2,97,105,107,108)(H3,89,94,106,109,140)/t45-,46-,47-,48-,49-,50-,51-,52-,53-,54-,55-,56+,57+,58+,67+,68+,69+,70+,71+,72+/m0/s1. The molecule has 4 heterocycles. The minimum absolute atomic E-state index is 0.0118. The van der Waals surface area contributed by atoms with Gasteiger partial charge in [0.2, 0.25) is 65.1 Å². The lowest BCUT2D eigenvalue weighted by atomic mass is 10.0. The highest BCUT2D eigenvalue weighted by molar-refractivity contribution is 8.76. The zero-order valence-corrected chi connectivity index (χ0v) is 82.9. The molecular formula is C87H125ClN22O37S2. The summed E-state index contributed by atoms with van der Waals surface area (Å²) in [4.78, 5) is 246. The van der Waals surface area contributed by atoms with Gasteiger partial charge in [0.15, 0.2) is 28.1 Å². The second-order valence-corrected chi connectivity index (χ2v) is 37.4. The molecular weight excluding hydrogens is 2040 g/mol. The zero-order chi connectivity index (χ0) is 111. The number of aliphatic hydroxyl groups is 15. The Morgan fingerprint density at radius 2 is 0.926 bits per heavy atom. The molecule has 4 aromatic heterocycles. The molecule has 0 aliphatic heterocycles. The van der Waals surface area contributed by atoms with Crippen molar-refractivity contribution < 1.29 is 178 Å². The molecule has 0 bridgehead atoms. The number of rotatable bonds is 68. The third-order valence-corrected chi connectivity index (χ3v) is 24.8. The van der Waals surface area contributed by atoms with E-state index in [2.05, 4.69) is 99.0 Å². The molecule has 6 rings (SSSR count). The van der Waals surface area contributed by atoms with E-state index in [0.29, 0.717) is 33.4 Å². The fourth-order valence-electron chi connectivity index (χ4n) is 13.5. The molecule has 0 aliphatic carbocycles. The summed E-state index contributed by atoms with van der Waals surface area (Å²) in [5.41, 5.74) is 6.84. The van der Waals surface area contributed by atoms with Crippen LogP contribution in [0.2, 0.25) is 5.02 Å². The first kappa shape index (κ1) is 124. The van der Waals surface area contributed by atoms with Crippen LogP contribution in [0, 0.1) is 5.92 Å². The molecule has 0 saturated heterocycles. The molecule has 0 fully saturated rings. The number of aliphatic carboxylic acids is 4. The number of imidazole rings is 1. The van der Waals surface area contributed by atoms with Gasteiger partial charge in [-0.3, -0.25) is 62.3 Å². The Morgan fingerprint density at radius 3 is 1.37 bits per heavy atom. The Bertz CT molecular complexity index is 5550. The first-order chi connectivity index (χ1) is 70.4. The van der Waals surface area contributed by atoms with Crippen LogP contribution in [0.5, 0.6) is 0 Å². The lowest BCUT2D eigenvalue weighted by Gasteiger charge is -2.28. The number of nitrogens with zero attached hydrogens (tertiary/aromatic N) is 7. The number of anilines is 5. The summed E-state index contributed by atoms with van der Waals surface area (Å²) in [6.45, 7) is 0.763. The van der Waals surface area contributed by atoms with Crippen LogP contribution in [0.1, 0.15) is 127 Å². The average Bonchev–Trinajstić information content (AvgIpc) is 1.66. The van der Waals surface area contributed by atoms with Crippen molar-refractivity contribution in [1.82, 2.24) is 92.6 Å². The summed E-state index contributed by atoms with van der Waals surface area (Å²) in [5, 5.41) is 223. The quantitative estimate of drug-likeness (QED) is 0.00958. The van der Waals surface area contributed by atoms with Crippen LogP contribution >= 0.6 is 33.2 Å². The van der Waals surface area contributed by atoms with E-state index >= 15 is 0 Å². The topological polar surface area (TPSA) is 956 Å². The number of hydrogen-bond acceptors (Lipinski definition) is 45. The molecule has 2 aromatic carbocycles. The number of aliphatic hydroxyl groups excluding tert-OH is 15. The first-order valence-electron chi connectivity index (χ1n) is 46.2. The molecule has 59 nitrogen and oxygen atoms in total. The fraction of sp³-hybridized carbons (Fsp3) is 0.563. The van der Waals surface area contributed by atoms with E-state index in [9.17, 15) is 174 Å². The van der Waals surface area contributed by atoms with Crippen LogP contribution in [0.3, 0.4) is 0 Å². The molecule has 0 unspecified atom stereocenters. The van der Waals surface area contributed by atoms with E-state index in [-0.39, 0.29) is 71.8 Å². The van der Waals surface area contributed by atoms with Crippen LogP contribution in [0.15, 0.2) is 65.8 Å². The van der Waals surface area contributed by atoms with E-state index in [1.807, 2.05) is 32.3 Å². The number of carbonyl (C=O) groups excluding carboxylic acids is 11. The normalized spacial score (nSPS) is 15.5. The molecule has 824 valence electrons. The summed E-state index contributed by atoms with van der Waals surface area (Å²) in [6.07, 6.45) is -35.2. The Labute approximate surface area is 859 Å². The average molecular weight is 2170 g/mol. The number of fused-ring (bicyclic) bond motifs is 2. The first-order valence-corrected chi connectivity index (χ1v) is 49.0. The van der Waals surface area contributed by atoms with Gasteiger partial charge in [-0.25, -0.2) is 29.3 Å². The minimum Gasteiger partial charge on any atom is -0.481 e. The number of ether oxygens (including phenoxy) is 2. The second-order valence-electron chi connectivity index (χ2n) is 34.3. The molecule has 149 heavy (non-hydrogen) atoms. The van der Waals surface area contributed by atoms with Crippen molar-refractivity contribution in [3.63, 3.8) is 0 Å². The number of nitrogen functional groups attached to an aromatic ring is 1. The molecule has 20 atom stereocenters. The highest BCUT2D eigenvalue weighted by Crippen LogP contribution is 2.29. The van der Waals surface area contributed by atoms with Crippen LogP contribution in [-0.2, 0) is 78.3 Å². The lowest BCUT2D eigenvalue weighted by Crippen LogP contribution is -2.60. The van der Waals surface area contributed by atoms with Gasteiger partial charge in [-0.1, -0.05) is 53.1 Å². The van der Waals surface area contributed by atoms with Gasteiger partial charge in [0, 0.05) is 97.7 Å². The predicted octanol–water partition coefficient (Wildman–Crippen LogP) is -8.62. The number of H-pyrrole nitrogens is 1. The minimum atomic E-state index is -2.31. The smallest absolute Gasteiger partial charge is 0.481 e. The maximum Gasteiger partial charge on any atom is 0.508 e. The van der Waals surface area contributed by atoms with Crippen molar-refractivity contribution in [1.29, 1.82) is 0 Å². The van der Waals surface area contributed by atoms with Gasteiger partial charge < -0.3 is 191 Å². The van der Waals surface area contributed by atoms with Gasteiger partial charge in [0.1, 0.15) is 110 Å². The number of nitrogens with two attached hydrogens (primary N) is 1. The zero-order valence-electron chi connectivity index (χ0n) is 80.5. The SMILES string of the molecule is CC(C)[C@H](COC(=O)OCCSSC[C@H](NC(=O)[C@H](CCC(=O)NC[C@H](O)[C@@H](O)[C@H](O)[C@H](O)CO)NC(=O)[C@H](CCC(=O)O)NC(=O)[C@H](CCC(=O)NC[C@H](O)[C@@H](O)[C@H](O)[C@H](O)CO)NC(=O)[C@H](CCC(=O)O)NC(=O)[C@H](CCC(=O)NC[C@H](O)[C@@H](O)[C@H](O)[C@H](O)CO)NC(=O)CC[C@H](NC(=O)c1ccc(NCc2cnc3[nH]c(N)nc(=O)c3n2)cc1)C(=O)O)C(=O)O)Nc1nc(Nc2cccc(Cl)c2)c2ncn(C(C)C)c2n1. The van der Waals surface area contributed by atoms with E-state index < -0.39 is 339 Å². The monoisotopic (exact) mass is 2170 g/mol. The Balaban J connectivity index is 1.24. The van der Waals surface area contributed by atoms with Crippen molar-refractivity contribution in [3.8, 4) is 0 Å². The molecule has 62 heteroatoms. The third-order valence-electron chi connectivity index (χ3n) is 22.2. The number of nitrogens with one attached hydrogen (secondary N) is 14. The van der Waals surface area contributed by atoms with Gasteiger partial charge in [-0.2, -0.15) is 15.0 Å². The van der Waals surface area contributed by atoms with Crippen molar-refractivity contribution in [2.75, 3.05) is 85.9 Å². The van der Waals surface area contributed by atoms with Crippen LogP contribution in [-0.4, -0.2) is 411 Å². The van der Waals surface area contributed by atoms with E-state index in [1.165, 1.54) is 30.5 Å². The summed E-state index contributed by atoms with van der Waals surface area (Å²) in [6, 6.07) is -3.30. The number of carboxylic acids is 4. The largest absolute Gasteiger partial charge is 0.508 e. The number of carboxylic acid groups (broad SMARTS) is 4. The maximum absolute atomic E-state index is 15.0. The number of carbonyl (C=O) groups is 15. The van der Waals surface area contributed by atoms with Crippen molar-refractivity contribution in [3.05, 3.63) is 87.7 Å². The summed E-state index contributed by atoms with van der Waals surface area (Å²) >= 11 is 6.26. The lowest BCUT2D eigenvalue weighted by molar-refractivity contribution is -0.142. The number of hydrogen-bond donors (Lipinski definition) is 34. The van der Waals surface area contributed by atoms with E-state index in [4.69, 9.17) is 31.8 Å². The predicted molar refractivity (Wildman–Crippen MR) is 522 cm³/mol. The number of aromatic amines is 1. The Kier molecular flexibility index (Phi) is 51.9. The summed E-state index contributed by atoms with van der Waals surface area (Å²) in [5.74, 6) is -20.7. The third kappa shape index (κ3) is 41.6. The molecule has 0 saturated carbocycles. The molecule has 0 radical (unpaired) electrons. The number of halogens is 1. The Hall–Kier alpha value is -13.4. The van der Waals surface area contributed by atoms with Crippen LogP contribution in [0.4, 0.5) is 33.9 Å². The summed E-state index contributed by atoms with van der Waals surface area (Å²) in [7, 11) is 1.72. The van der Waals surface area contributed by atoms with Gasteiger partial charge in [-0.15, -0.1) is 0 Å². The van der Waals surface area contributed by atoms with Gasteiger partial charge in [0.05, 0.1) is 68.9 Å². The number of benzene rings is 2. The Morgan fingerprint density at radius 1 is 0.483 bits per heavy atom. The van der Waals surface area contributed by atoms with Gasteiger partial charge >= 0.3 is 35.6 Å². The van der Waals surface area contributed by atoms with E-state index in [1.54, 1.807) is 30.6 Å². The fourth-order valence-corrected chi connectivity index (χ4v) is 15.7. The maximum atomic E-state index is 15.0. The molecule has 10 amide bonds. The van der Waals surface area contributed by atoms with Gasteiger partial charge in [-0.05, 0) is 101 Å². The molecule has 0 aliphatic rings. The van der Waals surface area contributed by atoms with Gasteiger partial charge in [0.25, 0.3) is 5.91 Å². The number of aromatic nitrogens is 8. The molecule has 6 aromatic rings. The molecule has 35 N–H and O–H groups in total. The second kappa shape index (κ2) is 62.2. The van der Waals surface area contributed by atoms with E-state index in [0.717, 1.165) is 21.6 Å². The highest BCUT2D eigenvalue weighted by Gasteiger charge is 2.39. The number of amides is 10. The molecule has 0 spiro atoms. The van der Waals surface area contributed by atoms with Crippen molar-refractivity contribution >= 4 is 174 Å². The summed E-state index contributed by atoms with van der Waals surface area (Å²) < 4.78 is 12.6. The van der Waals surface area contributed by atoms with Crippen molar-refractivity contribution in [2.24, 2.45) is 5.92 Å². The van der Waals surface area contributed by atoms with Crippen LogP contribution in [0.25, 0.3) is 22.3 Å². The van der Waals surface area contributed by atoms with Crippen LogP contribution < -0.4 is 80.4 Å². The highest BCUT2D eigenvalue weighted by atomic mass is 35.5.